The predicted octanol–water partition coefficient (Wildman–Crippen LogP) is 2.45. The second-order valence-electron chi connectivity index (χ2n) is 6.82. The second-order valence-corrected chi connectivity index (χ2v) is 6.82. The van der Waals surface area contributed by atoms with E-state index in [4.69, 9.17) is 10.00 Å². The first-order valence-corrected chi connectivity index (χ1v) is 9.98. The minimum Gasteiger partial charge on any atom is -0.450 e. The summed E-state index contributed by atoms with van der Waals surface area (Å²) in [7, 11) is 0. The van der Waals surface area contributed by atoms with Gasteiger partial charge in [-0.15, -0.1) is 0 Å². The zero-order valence-corrected chi connectivity index (χ0v) is 16.8. The molecule has 1 aliphatic rings. The number of hydrogen-bond donors (Lipinski definition) is 1. The van der Waals surface area contributed by atoms with Crippen molar-refractivity contribution in [2.24, 2.45) is 0 Å². The quantitative estimate of drug-likeness (QED) is 0.722. The van der Waals surface area contributed by atoms with Gasteiger partial charge in [0.05, 0.1) is 19.1 Å². The molecule has 0 spiro atoms. The highest BCUT2D eigenvalue weighted by molar-refractivity contribution is 5.95. The summed E-state index contributed by atoms with van der Waals surface area (Å²) in [5.74, 6) is -0.361. The smallest absolute Gasteiger partial charge is 0.409 e. The number of nitrogens with one attached hydrogen (secondary N) is 1. The molecule has 2 rings (SSSR count). The van der Waals surface area contributed by atoms with Crippen LogP contribution in [0.1, 0.15) is 39.0 Å². The number of benzene rings is 1. The van der Waals surface area contributed by atoms with Crippen molar-refractivity contribution in [3.05, 3.63) is 30.3 Å². The lowest BCUT2D eigenvalue weighted by molar-refractivity contribution is -0.125. The number of hydrogen-bond acceptors (Lipinski definition) is 5. The Morgan fingerprint density at radius 3 is 2.52 bits per heavy atom. The highest BCUT2D eigenvalue weighted by Crippen LogP contribution is 2.16. The van der Waals surface area contributed by atoms with Crippen molar-refractivity contribution in [1.29, 1.82) is 5.26 Å². The molecule has 0 unspecified atom stereocenters. The van der Waals surface area contributed by atoms with Crippen LogP contribution >= 0.6 is 0 Å². The van der Waals surface area contributed by atoms with Gasteiger partial charge < -0.3 is 19.9 Å². The maximum Gasteiger partial charge on any atom is 0.409 e. The SMILES string of the molecule is CCOC(=O)N1CCC(NC(=O)CCC(=O)N(CCC#N)c2ccccc2)CC1. The Hall–Kier alpha value is -3.08. The van der Waals surface area contributed by atoms with Gasteiger partial charge in [-0.2, -0.15) is 5.26 Å². The molecule has 1 fully saturated rings. The van der Waals surface area contributed by atoms with Crippen LogP contribution in [0.25, 0.3) is 0 Å². The van der Waals surface area contributed by atoms with E-state index in [9.17, 15) is 14.4 Å². The summed E-state index contributed by atoms with van der Waals surface area (Å²) in [6.45, 7) is 3.49. The minimum atomic E-state index is -0.318. The van der Waals surface area contributed by atoms with Gasteiger partial charge in [-0.05, 0) is 31.9 Å². The minimum absolute atomic E-state index is 0.00732. The number of nitrogens with zero attached hydrogens (tertiary/aromatic N) is 3. The summed E-state index contributed by atoms with van der Waals surface area (Å²) >= 11 is 0. The molecule has 0 atom stereocenters. The monoisotopic (exact) mass is 400 g/mol. The highest BCUT2D eigenvalue weighted by atomic mass is 16.6. The van der Waals surface area contributed by atoms with E-state index >= 15 is 0 Å². The van der Waals surface area contributed by atoms with E-state index in [2.05, 4.69) is 11.4 Å². The molecule has 1 aliphatic heterocycles. The first-order valence-electron chi connectivity index (χ1n) is 9.98. The third-order valence-corrected chi connectivity index (χ3v) is 4.77. The van der Waals surface area contributed by atoms with E-state index in [-0.39, 0.29) is 43.2 Å². The molecule has 1 N–H and O–H groups in total. The van der Waals surface area contributed by atoms with Crippen LogP contribution < -0.4 is 10.2 Å². The van der Waals surface area contributed by atoms with Crippen LogP contribution in [0.4, 0.5) is 10.5 Å². The average molecular weight is 400 g/mol. The molecular weight excluding hydrogens is 372 g/mol. The summed E-state index contributed by atoms with van der Waals surface area (Å²) in [6, 6.07) is 11.2. The predicted molar refractivity (Wildman–Crippen MR) is 108 cm³/mol. The molecule has 8 nitrogen and oxygen atoms in total. The zero-order valence-electron chi connectivity index (χ0n) is 16.8. The molecular formula is C21H28N4O4. The summed E-state index contributed by atoms with van der Waals surface area (Å²) in [4.78, 5) is 39.8. The number of rotatable bonds is 8. The van der Waals surface area contributed by atoms with Gasteiger partial charge in [0.1, 0.15) is 0 Å². The number of anilines is 1. The van der Waals surface area contributed by atoms with Crippen LogP contribution in [0.15, 0.2) is 30.3 Å². The molecule has 0 aromatic heterocycles. The number of carbonyl (C=O) groups is 3. The van der Waals surface area contributed by atoms with Crippen molar-refractivity contribution in [3.8, 4) is 6.07 Å². The maximum absolute atomic E-state index is 12.6. The number of likely N-dealkylation sites (tertiary alicyclic amines) is 1. The van der Waals surface area contributed by atoms with Crippen LogP contribution in [0.5, 0.6) is 0 Å². The van der Waals surface area contributed by atoms with E-state index in [0.717, 1.165) is 5.69 Å². The first-order chi connectivity index (χ1) is 14.0. The third kappa shape index (κ3) is 7.11. The van der Waals surface area contributed by atoms with Crippen molar-refractivity contribution >= 4 is 23.6 Å². The van der Waals surface area contributed by atoms with Gasteiger partial charge in [-0.25, -0.2) is 4.79 Å². The van der Waals surface area contributed by atoms with Crippen molar-refractivity contribution < 1.29 is 19.1 Å². The Labute approximate surface area is 171 Å². The largest absolute Gasteiger partial charge is 0.450 e. The maximum atomic E-state index is 12.6. The molecule has 1 aromatic carbocycles. The Bertz CT molecular complexity index is 724. The van der Waals surface area contributed by atoms with E-state index in [1.165, 1.54) is 0 Å². The Morgan fingerprint density at radius 1 is 1.21 bits per heavy atom. The highest BCUT2D eigenvalue weighted by Gasteiger charge is 2.25. The molecule has 0 bridgehead atoms. The summed E-state index contributed by atoms with van der Waals surface area (Å²) in [5, 5.41) is 11.8. The lowest BCUT2D eigenvalue weighted by Crippen LogP contribution is -2.46. The van der Waals surface area contributed by atoms with Crippen molar-refractivity contribution in [3.63, 3.8) is 0 Å². The normalized spacial score (nSPS) is 14.0. The number of amides is 3. The molecule has 0 aliphatic carbocycles. The van der Waals surface area contributed by atoms with Crippen molar-refractivity contribution in [1.82, 2.24) is 10.2 Å². The average Bonchev–Trinajstić information content (AvgIpc) is 2.74. The van der Waals surface area contributed by atoms with Crippen LogP contribution in [-0.2, 0) is 14.3 Å². The molecule has 1 saturated heterocycles. The van der Waals surface area contributed by atoms with Crippen molar-refractivity contribution in [2.75, 3.05) is 31.1 Å². The van der Waals surface area contributed by atoms with Crippen LogP contribution in [-0.4, -0.2) is 55.1 Å². The Morgan fingerprint density at radius 2 is 1.90 bits per heavy atom. The van der Waals surface area contributed by atoms with E-state index in [1.54, 1.807) is 16.7 Å². The van der Waals surface area contributed by atoms with E-state index < -0.39 is 0 Å². The summed E-state index contributed by atoms with van der Waals surface area (Å²) in [6.07, 6.45) is 1.40. The molecule has 1 aromatic rings. The summed E-state index contributed by atoms with van der Waals surface area (Å²) < 4.78 is 4.99. The van der Waals surface area contributed by atoms with Gasteiger partial charge in [0.25, 0.3) is 0 Å². The van der Waals surface area contributed by atoms with Crippen molar-refractivity contribution in [2.45, 2.75) is 45.1 Å². The topological polar surface area (TPSA) is 103 Å². The lowest BCUT2D eigenvalue weighted by atomic mass is 10.1. The van der Waals surface area contributed by atoms with Gasteiger partial charge in [0.2, 0.25) is 11.8 Å². The first kappa shape index (κ1) is 22.2. The van der Waals surface area contributed by atoms with Crippen LogP contribution in [0.3, 0.4) is 0 Å². The van der Waals surface area contributed by atoms with Crippen LogP contribution in [0, 0.1) is 11.3 Å². The molecule has 3 amide bonds. The third-order valence-electron chi connectivity index (χ3n) is 4.77. The van der Waals surface area contributed by atoms with Gasteiger partial charge in [0, 0.05) is 44.2 Å². The fourth-order valence-corrected chi connectivity index (χ4v) is 3.24. The molecule has 8 heteroatoms. The second kappa shape index (κ2) is 11.7. The number of ether oxygens (including phenoxy) is 1. The molecule has 29 heavy (non-hydrogen) atoms. The summed E-state index contributed by atoms with van der Waals surface area (Å²) in [5.41, 5.74) is 0.722. The Kier molecular flexibility index (Phi) is 8.96. The molecule has 0 saturated carbocycles. The fourth-order valence-electron chi connectivity index (χ4n) is 3.24. The zero-order chi connectivity index (χ0) is 21.1. The lowest BCUT2D eigenvalue weighted by Gasteiger charge is -2.31. The van der Waals surface area contributed by atoms with Gasteiger partial charge >= 0.3 is 6.09 Å². The Balaban J connectivity index is 1.78. The van der Waals surface area contributed by atoms with Gasteiger partial charge in [0.15, 0.2) is 0 Å². The molecule has 156 valence electrons. The van der Waals surface area contributed by atoms with Gasteiger partial charge in [-0.1, -0.05) is 18.2 Å². The van der Waals surface area contributed by atoms with Crippen LogP contribution in [0.2, 0.25) is 0 Å². The number of para-hydroxylation sites is 1. The van der Waals surface area contributed by atoms with E-state index in [1.807, 2.05) is 30.3 Å². The molecule has 0 radical (unpaired) electrons. The fraction of sp³-hybridized carbons (Fsp3) is 0.524. The number of nitriles is 1. The number of piperidine rings is 1. The van der Waals surface area contributed by atoms with Gasteiger partial charge in [-0.3, -0.25) is 9.59 Å². The molecule has 1 heterocycles. The standard InChI is InChI=1S/C21H28N4O4/c1-2-29-21(28)24-15-11-17(12-16-24)23-19(26)9-10-20(27)25(14-6-13-22)18-7-4-3-5-8-18/h3-5,7-8,17H,2,6,9-12,14-16H2,1H3,(H,23,26). The van der Waals surface area contributed by atoms with E-state index in [0.29, 0.717) is 39.1 Å². The number of carbonyl (C=O) groups excluding carboxylic acids is 3.